The standard InChI is InChI=1S/C26H27N3O5/c1-2-16-17-10-11-18-19(22(31)28-21(18)30)20(17)26(12-14-6-4-3-5-7-14)24(27-13-15-8-9-15)34-25(33)29(26)23(16)32/h3-7,15,18-20H,2,8-13H2,1H3,(H,28,30,31)/t18-,19-,20+,26+/m1/s1. The fourth-order valence-corrected chi connectivity index (χ4v) is 6.46. The topological polar surface area (TPSA) is 105 Å². The monoisotopic (exact) mass is 461 g/mol. The average Bonchev–Trinajstić information content (AvgIpc) is 3.55. The number of hydrogen-bond acceptors (Lipinski definition) is 6. The molecule has 1 aromatic carbocycles. The van der Waals surface area contributed by atoms with Crippen molar-refractivity contribution in [2.45, 2.75) is 51.0 Å². The molecule has 0 radical (unpaired) electrons. The predicted octanol–water partition coefficient (Wildman–Crippen LogP) is 2.77. The van der Waals surface area contributed by atoms with E-state index in [1.54, 1.807) is 0 Å². The summed E-state index contributed by atoms with van der Waals surface area (Å²) in [6, 6.07) is 9.60. The molecule has 176 valence electrons. The second-order valence-corrected chi connectivity index (χ2v) is 10.0. The lowest BCUT2D eigenvalue weighted by molar-refractivity contribution is -0.134. The Bertz CT molecular complexity index is 1170. The van der Waals surface area contributed by atoms with Crippen molar-refractivity contribution in [1.82, 2.24) is 10.2 Å². The highest BCUT2D eigenvalue weighted by molar-refractivity contribution is 6.17. The van der Waals surface area contributed by atoms with Crippen LogP contribution in [-0.4, -0.2) is 46.7 Å². The van der Waals surface area contributed by atoms with Gasteiger partial charge < -0.3 is 4.74 Å². The number of cyclic esters (lactones) is 1. The Morgan fingerprint density at radius 3 is 2.56 bits per heavy atom. The second-order valence-electron chi connectivity index (χ2n) is 10.0. The summed E-state index contributed by atoms with van der Waals surface area (Å²) < 4.78 is 5.76. The summed E-state index contributed by atoms with van der Waals surface area (Å²) in [4.78, 5) is 58.9. The third-order valence-electron chi connectivity index (χ3n) is 8.14. The normalized spacial score (nSPS) is 33.6. The molecule has 4 amide bonds. The van der Waals surface area contributed by atoms with E-state index in [0.29, 0.717) is 37.3 Å². The number of rotatable bonds is 5. The van der Waals surface area contributed by atoms with E-state index < -0.39 is 29.4 Å². The zero-order valence-electron chi connectivity index (χ0n) is 19.1. The number of fused-ring (bicyclic) bond motifs is 5. The molecule has 3 heterocycles. The Labute approximate surface area is 197 Å². The van der Waals surface area contributed by atoms with Crippen molar-refractivity contribution in [3.05, 3.63) is 47.0 Å². The Morgan fingerprint density at radius 2 is 1.85 bits per heavy atom. The molecule has 0 unspecified atom stereocenters. The number of benzene rings is 1. The van der Waals surface area contributed by atoms with Gasteiger partial charge in [0.15, 0.2) is 0 Å². The van der Waals surface area contributed by atoms with Gasteiger partial charge in [-0.2, -0.15) is 0 Å². The first-order valence-electron chi connectivity index (χ1n) is 12.2. The molecule has 5 aliphatic rings. The maximum absolute atomic E-state index is 13.8. The molecular formula is C26H27N3O5. The Hall–Kier alpha value is -3.29. The first-order valence-corrected chi connectivity index (χ1v) is 12.2. The minimum absolute atomic E-state index is 0.215. The van der Waals surface area contributed by atoms with Crippen LogP contribution in [-0.2, 0) is 25.5 Å². The van der Waals surface area contributed by atoms with Crippen molar-refractivity contribution in [2.75, 3.05) is 6.54 Å². The van der Waals surface area contributed by atoms with Gasteiger partial charge in [-0.05, 0) is 43.6 Å². The molecule has 8 heteroatoms. The molecule has 2 saturated heterocycles. The molecule has 2 saturated carbocycles. The molecule has 1 N–H and O–H groups in total. The van der Waals surface area contributed by atoms with Crippen molar-refractivity contribution in [3.63, 3.8) is 0 Å². The summed E-state index contributed by atoms with van der Waals surface area (Å²) in [6.07, 6.45) is 3.19. The molecule has 8 nitrogen and oxygen atoms in total. The largest absolute Gasteiger partial charge is 0.424 e. The number of imide groups is 2. The summed E-state index contributed by atoms with van der Waals surface area (Å²) in [7, 11) is 0. The quantitative estimate of drug-likeness (QED) is 0.679. The van der Waals surface area contributed by atoms with Gasteiger partial charge in [-0.3, -0.25) is 24.7 Å². The van der Waals surface area contributed by atoms with Gasteiger partial charge in [-0.1, -0.05) is 42.8 Å². The molecule has 4 fully saturated rings. The van der Waals surface area contributed by atoms with Crippen LogP contribution in [0.1, 0.15) is 44.6 Å². The Balaban J connectivity index is 1.60. The van der Waals surface area contributed by atoms with Crippen molar-refractivity contribution >= 4 is 29.7 Å². The summed E-state index contributed by atoms with van der Waals surface area (Å²) in [5.74, 6) is -2.01. The van der Waals surface area contributed by atoms with Gasteiger partial charge >= 0.3 is 6.09 Å². The SMILES string of the molecule is CCC1=C2CC[C@H]3C(=O)NC(=O)[C@H]3[C@H]2[C@@]2(Cc3ccccc3)C(=NCC3CC3)OC(=O)N2C1=O. The van der Waals surface area contributed by atoms with Crippen LogP contribution in [0.2, 0.25) is 0 Å². The second kappa shape index (κ2) is 7.61. The Morgan fingerprint density at radius 1 is 1.09 bits per heavy atom. The van der Waals surface area contributed by atoms with Gasteiger partial charge in [-0.25, -0.2) is 9.69 Å². The molecule has 0 bridgehead atoms. The number of carbonyl (C=O) groups excluding carboxylic acids is 4. The van der Waals surface area contributed by atoms with Crippen LogP contribution in [0.15, 0.2) is 46.5 Å². The molecule has 3 aliphatic heterocycles. The lowest BCUT2D eigenvalue weighted by Crippen LogP contribution is -2.65. The van der Waals surface area contributed by atoms with E-state index in [2.05, 4.69) is 5.32 Å². The number of ether oxygens (including phenoxy) is 1. The van der Waals surface area contributed by atoms with E-state index in [9.17, 15) is 19.2 Å². The van der Waals surface area contributed by atoms with Gasteiger partial charge in [0.05, 0.1) is 11.8 Å². The maximum atomic E-state index is 13.8. The smallest absolute Gasteiger partial charge is 0.393 e. The summed E-state index contributed by atoms with van der Waals surface area (Å²) >= 11 is 0. The average molecular weight is 462 g/mol. The third kappa shape index (κ3) is 2.93. The van der Waals surface area contributed by atoms with Crippen LogP contribution in [0.4, 0.5) is 4.79 Å². The van der Waals surface area contributed by atoms with Gasteiger partial charge in [0, 0.05) is 24.5 Å². The van der Waals surface area contributed by atoms with Gasteiger partial charge in [0.1, 0.15) is 5.54 Å². The molecule has 6 rings (SSSR count). The molecule has 34 heavy (non-hydrogen) atoms. The lowest BCUT2D eigenvalue weighted by Gasteiger charge is -2.50. The number of nitrogens with zero attached hydrogens (tertiary/aromatic N) is 2. The number of aliphatic imine (C=N–C) groups is 1. The van der Waals surface area contributed by atoms with Gasteiger partial charge in [0.25, 0.3) is 5.91 Å². The first kappa shape index (κ1) is 21.3. The van der Waals surface area contributed by atoms with E-state index in [0.717, 1.165) is 24.0 Å². The summed E-state index contributed by atoms with van der Waals surface area (Å²) in [5, 5.41) is 2.51. The van der Waals surface area contributed by atoms with Crippen molar-refractivity contribution in [2.24, 2.45) is 28.7 Å². The van der Waals surface area contributed by atoms with E-state index in [-0.39, 0.29) is 30.0 Å². The van der Waals surface area contributed by atoms with Crippen LogP contribution in [0.5, 0.6) is 0 Å². The number of hydrogen-bond donors (Lipinski definition) is 1. The van der Waals surface area contributed by atoms with Crippen molar-refractivity contribution < 1.29 is 23.9 Å². The molecule has 0 spiro atoms. The van der Waals surface area contributed by atoms with Crippen molar-refractivity contribution in [1.29, 1.82) is 0 Å². The third-order valence-corrected chi connectivity index (χ3v) is 8.14. The summed E-state index contributed by atoms with van der Waals surface area (Å²) in [6.45, 7) is 2.41. The minimum atomic E-state index is -1.26. The van der Waals surface area contributed by atoms with Crippen LogP contribution in [0.25, 0.3) is 0 Å². The highest BCUT2D eigenvalue weighted by Crippen LogP contribution is 2.56. The molecule has 1 aromatic rings. The van der Waals surface area contributed by atoms with Crippen LogP contribution < -0.4 is 5.32 Å². The number of carbonyl (C=O) groups is 4. The zero-order valence-corrected chi connectivity index (χ0v) is 19.1. The summed E-state index contributed by atoms with van der Waals surface area (Å²) in [5.41, 5.74) is 1.08. The van der Waals surface area contributed by atoms with E-state index in [4.69, 9.17) is 9.73 Å². The fraction of sp³-hybridized carbons (Fsp3) is 0.500. The molecular weight excluding hydrogens is 434 g/mol. The molecule has 0 aromatic heterocycles. The van der Waals surface area contributed by atoms with E-state index in [1.807, 2.05) is 37.3 Å². The maximum Gasteiger partial charge on any atom is 0.424 e. The first-order chi connectivity index (χ1) is 16.5. The zero-order chi connectivity index (χ0) is 23.6. The van der Waals surface area contributed by atoms with Crippen LogP contribution in [0, 0.1) is 23.7 Å². The fourth-order valence-electron chi connectivity index (χ4n) is 6.46. The van der Waals surface area contributed by atoms with Crippen LogP contribution >= 0.6 is 0 Å². The number of amides is 4. The molecule has 4 atom stereocenters. The Kier molecular flexibility index (Phi) is 4.76. The van der Waals surface area contributed by atoms with Crippen molar-refractivity contribution in [3.8, 4) is 0 Å². The van der Waals surface area contributed by atoms with Gasteiger partial charge in [0.2, 0.25) is 17.7 Å². The highest BCUT2D eigenvalue weighted by atomic mass is 16.6. The number of nitrogens with one attached hydrogen (secondary N) is 1. The van der Waals surface area contributed by atoms with E-state index >= 15 is 0 Å². The van der Waals surface area contributed by atoms with Crippen LogP contribution in [0.3, 0.4) is 0 Å². The lowest BCUT2D eigenvalue weighted by atomic mass is 9.58. The van der Waals surface area contributed by atoms with E-state index in [1.165, 1.54) is 4.90 Å². The highest BCUT2D eigenvalue weighted by Gasteiger charge is 2.69. The molecule has 2 aliphatic carbocycles. The van der Waals surface area contributed by atoms with Gasteiger partial charge in [-0.15, -0.1) is 0 Å². The predicted molar refractivity (Wildman–Crippen MR) is 121 cm³/mol. The minimum Gasteiger partial charge on any atom is -0.393 e.